The number of nitrogens with one attached hydrogen (secondary N) is 4. The second kappa shape index (κ2) is 8.15. The molecular formula is C19H22N6O. The maximum Gasteiger partial charge on any atom is 0.326 e. The zero-order valence-electron chi connectivity index (χ0n) is 14.8. The Kier molecular flexibility index (Phi) is 5.48. The van der Waals surface area contributed by atoms with E-state index in [2.05, 4.69) is 30.9 Å². The number of anilines is 3. The summed E-state index contributed by atoms with van der Waals surface area (Å²) in [6.45, 7) is 4.58. The summed E-state index contributed by atoms with van der Waals surface area (Å²) in [5.41, 5.74) is 3.77. The Labute approximate surface area is 152 Å². The van der Waals surface area contributed by atoms with Crippen molar-refractivity contribution in [1.29, 1.82) is 0 Å². The first kappa shape index (κ1) is 17.5. The highest BCUT2D eigenvalue weighted by atomic mass is 16.2. The van der Waals surface area contributed by atoms with Gasteiger partial charge in [0.15, 0.2) is 0 Å². The largest absolute Gasteiger partial charge is 0.370 e. The number of hydrogen-bond donors (Lipinski definition) is 4. The summed E-state index contributed by atoms with van der Waals surface area (Å²) >= 11 is 0. The number of aromatic amines is 1. The van der Waals surface area contributed by atoms with Gasteiger partial charge in [-0.05, 0) is 38.1 Å². The molecule has 7 heteroatoms. The number of rotatable bonds is 6. The standard InChI is InChI=1S/C19H22N6O/c1-13-5-7-16(8-6-13)23-19(26)25-18-22-14(2)12-17(24-18)21-11-9-15-4-3-10-20-15/h3-8,10,12,20H,9,11H2,1-2H3,(H3,21,22,23,24,25,26). The van der Waals surface area contributed by atoms with Gasteiger partial charge in [0, 0.05) is 42.3 Å². The molecule has 0 aliphatic carbocycles. The van der Waals surface area contributed by atoms with Crippen LogP contribution in [0, 0.1) is 13.8 Å². The van der Waals surface area contributed by atoms with Crippen LogP contribution in [0.2, 0.25) is 0 Å². The van der Waals surface area contributed by atoms with Crippen LogP contribution in [0.4, 0.5) is 22.2 Å². The number of nitrogens with zero attached hydrogens (tertiary/aromatic N) is 2. The van der Waals surface area contributed by atoms with Crippen LogP contribution in [-0.2, 0) is 6.42 Å². The first-order chi connectivity index (χ1) is 12.6. The number of aryl methyl sites for hydroxylation is 2. The fraction of sp³-hybridized carbons (Fsp3) is 0.211. The van der Waals surface area contributed by atoms with Gasteiger partial charge >= 0.3 is 6.03 Å². The third-order valence-corrected chi connectivity index (χ3v) is 3.75. The van der Waals surface area contributed by atoms with Gasteiger partial charge in [-0.1, -0.05) is 17.7 Å². The monoisotopic (exact) mass is 350 g/mol. The van der Waals surface area contributed by atoms with Gasteiger partial charge in [-0.2, -0.15) is 4.98 Å². The molecule has 0 saturated carbocycles. The summed E-state index contributed by atoms with van der Waals surface area (Å²) in [4.78, 5) is 23.9. The average Bonchev–Trinajstić information content (AvgIpc) is 3.10. The maximum absolute atomic E-state index is 12.1. The average molecular weight is 350 g/mol. The van der Waals surface area contributed by atoms with Crippen molar-refractivity contribution in [3.63, 3.8) is 0 Å². The summed E-state index contributed by atoms with van der Waals surface area (Å²) in [5, 5.41) is 8.69. The molecule has 0 fully saturated rings. The van der Waals surface area contributed by atoms with E-state index in [1.807, 2.05) is 62.5 Å². The number of hydrogen-bond acceptors (Lipinski definition) is 4. The van der Waals surface area contributed by atoms with Crippen molar-refractivity contribution in [3.05, 3.63) is 65.6 Å². The van der Waals surface area contributed by atoms with Gasteiger partial charge in [0.25, 0.3) is 0 Å². The summed E-state index contributed by atoms with van der Waals surface area (Å²) in [7, 11) is 0. The molecule has 0 unspecified atom stereocenters. The summed E-state index contributed by atoms with van der Waals surface area (Å²) in [5.74, 6) is 0.937. The number of aromatic nitrogens is 3. The zero-order valence-corrected chi connectivity index (χ0v) is 14.8. The molecule has 0 atom stereocenters. The third kappa shape index (κ3) is 5.07. The smallest absolute Gasteiger partial charge is 0.326 e. The Hall–Kier alpha value is -3.35. The van der Waals surface area contributed by atoms with Crippen LogP contribution in [0.25, 0.3) is 0 Å². The Bertz CT molecular complexity index is 858. The van der Waals surface area contributed by atoms with E-state index in [4.69, 9.17) is 0 Å². The molecule has 3 rings (SSSR count). The van der Waals surface area contributed by atoms with E-state index >= 15 is 0 Å². The molecule has 4 N–H and O–H groups in total. The molecule has 2 heterocycles. The molecule has 1 aromatic carbocycles. The quantitative estimate of drug-likeness (QED) is 0.545. The van der Waals surface area contributed by atoms with E-state index in [1.54, 1.807) is 0 Å². The Morgan fingerprint density at radius 3 is 2.62 bits per heavy atom. The van der Waals surface area contributed by atoms with Gasteiger partial charge < -0.3 is 15.6 Å². The van der Waals surface area contributed by atoms with E-state index in [9.17, 15) is 4.79 Å². The number of carbonyl (C=O) groups is 1. The van der Waals surface area contributed by atoms with Crippen molar-refractivity contribution >= 4 is 23.5 Å². The predicted molar refractivity (Wildman–Crippen MR) is 104 cm³/mol. The van der Waals surface area contributed by atoms with Gasteiger partial charge in [-0.3, -0.25) is 5.32 Å². The lowest BCUT2D eigenvalue weighted by Crippen LogP contribution is -2.21. The van der Waals surface area contributed by atoms with Gasteiger partial charge in [-0.15, -0.1) is 0 Å². The van der Waals surface area contributed by atoms with Gasteiger partial charge in [0.2, 0.25) is 5.95 Å². The SMILES string of the molecule is Cc1ccc(NC(=O)Nc2nc(C)cc(NCCc3ccc[nH]3)n2)cc1. The van der Waals surface area contributed by atoms with Crippen LogP contribution < -0.4 is 16.0 Å². The van der Waals surface area contributed by atoms with Crippen LogP contribution >= 0.6 is 0 Å². The van der Waals surface area contributed by atoms with Crippen molar-refractivity contribution in [1.82, 2.24) is 15.0 Å². The molecule has 3 aromatic rings. The zero-order chi connectivity index (χ0) is 18.4. The third-order valence-electron chi connectivity index (χ3n) is 3.75. The minimum absolute atomic E-state index is 0.261. The van der Waals surface area contributed by atoms with Crippen LogP contribution in [-0.4, -0.2) is 27.5 Å². The normalized spacial score (nSPS) is 10.4. The van der Waals surface area contributed by atoms with Gasteiger partial charge in [0.05, 0.1) is 0 Å². The van der Waals surface area contributed by atoms with Crippen molar-refractivity contribution in [3.8, 4) is 0 Å². The molecule has 0 spiro atoms. The van der Waals surface area contributed by atoms with Crippen LogP contribution in [0.1, 0.15) is 17.0 Å². The van der Waals surface area contributed by atoms with Crippen LogP contribution in [0.5, 0.6) is 0 Å². The number of amides is 2. The molecule has 2 amide bonds. The lowest BCUT2D eigenvalue weighted by molar-refractivity contribution is 0.262. The second-order valence-electron chi connectivity index (χ2n) is 6.04. The summed E-state index contributed by atoms with van der Waals surface area (Å²) in [6, 6.07) is 13.0. The number of urea groups is 1. The fourth-order valence-corrected chi connectivity index (χ4v) is 2.46. The van der Waals surface area contributed by atoms with E-state index in [1.165, 1.54) is 0 Å². The molecular weight excluding hydrogens is 328 g/mol. The molecule has 26 heavy (non-hydrogen) atoms. The van der Waals surface area contributed by atoms with Crippen LogP contribution in [0.3, 0.4) is 0 Å². The number of H-pyrrole nitrogens is 1. The molecule has 0 saturated heterocycles. The maximum atomic E-state index is 12.1. The molecule has 2 aromatic heterocycles. The second-order valence-corrected chi connectivity index (χ2v) is 6.04. The predicted octanol–water partition coefficient (Wildman–Crippen LogP) is 3.72. The molecule has 7 nitrogen and oxygen atoms in total. The van der Waals surface area contributed by atoms with Gasteiger partial charge in [-0.25, -0.2) is 9.78 Å². The first-order valence-corrected chi connectivity index (χ1v) is 8.45. The molecule has 0 radical (unpaired) electrons. The number of benzene rings is 1. The van der Waals surface area contributed by atoms with Crippen molar-refractivity contribution < 1.29 is 4.79 Å². The molecule has 0 bridgehead atoms. The van der Waals surface area contributed by atoms with Crippen molar-refractivity contribution in [2.45, 2.75) is 20.3 Å². The lowest BCUT2D eigenvalue weighted by Gasteiger charge is -2.10. The van der Waals surface area contributed by atoms with E-state index in [0.29, 0.717) is 11.5 Å². The van der Waals surface area contributed by atoms with Crippen molar-refractivity contribution in [2.75, 3.05) is 22.5 Å². The Morgan fingerprint density at radius 2 is 1.88 bits per heavy atom. The minimum atomic E-state index is -0.378. The van der Waals surface area contributed by atoms with Gasteiger partial charge in [0.1, 0.15) is 5.82 Å². The Balaban J connectivity index is 1.57. The minimum Gasteiger partial charge on any atom is -0.370 e. The highest BCUT2D eigenvalue weighted by Crippen LogP contribution is 2.12. The highest BCUT2D eigenvalue weighted by molar-refractivity contribution is 5.98. The summed E-state index contributed by atoms with van der Waals surface area (Å²) < 4.78 is 0. The van der Waals surface area contributed by atoms with E-state index in [-0.39, 0.29) is 12.0 Å². The number of carbonyl (C=O) groups excluding carboxylic acids is 1. The molecule has 0 aliphatic rings. The molecule has 0 aliphatic heterocycles. The highest BCUT2D eigenvalue weighted by Gasteiger charge is 2.07. The van der Waals surface area contributed by atoms with Crippen LogP contribution in [0.15, 0.2) is 48.7 Å². The first-order valence-electron chi connectivity index (χ1n) is 8.45. The molecule has 134 valence electrons. The summed E-state index contributed by atoms with van der Waals surface area (Å²) in [6.07, 6.45) is 2.76. The van der Waals surface area contributed by atoms with Crippen molar-refractivity contribution in [2.24, 2.45) is 0 Å². The van der Waals surface area contributed by atoms with E-state index < -0.39 is 0 Å². The fourth-order valence-electron chi connectivity index (χ4n) is 2.46. The lowest BCUT2D eigenvalue weighted by atomic mass is 10.2. The van der Waals surface area contributed by atoms with E-state index in [0.717, 1.165) is 29.9 Å². The topological polar surface area (TPSA) is 94.7 Å². The Morgan fingerprint density at radius 1 is 1.08 bits per heavy atom.